The molecule has 0 bridgehead atoms. The quantitative estimate of drug-likeness (QED) is 0.0991. The maximum absolute atomic E-state index is 12.2. The van der Waals surface area contributed by atoms with Crippen LogP contribution in [0.25, 0.3) is 12.2 Å². The molecule has 0 radical (unpaired) electrons. The van der Waals surface area contributed by atoms with E-state index < -0.39 is 22.7 Å². The molecule has 0 heterocycles. The number of aliphatic hydroxyl groups is 1. The van der Waals surface area contributed by atoms with Crippen LogP contribution in [-0.4, -0.2) is 52.6 Å². The first-order valence-electron chi connectivity index (χ1n) is 16.5. The number of unbranched alkanes of at least 4 members (excludes halogenated alkanes) is 2. The van der Waals surface area contributed by atoms with Gasteiger partial charge in [0.2, 0.25) is 0 Å². The van der Waals surface area contributed by atoms with Gasteiger partial charge in [0.1, 0.15) is 0 Å². The summed E-state index contributed by atoms with van der Waals surface area (Å²) in [5.74, 6) is -0.161. The van der Waals surface area contributed by atoms with Crippen molar-refractivity contribution in [2.24, 2.45) is 0 Å². The number of aliphatic hydroxyl groups excluding tert-OH is 1. The fraction of sp³-hybridized carbons (Fsp3) is 0.694. The van der Waals surface area contributed by atoms with Crippen LogP contribution in [0.3, 0.4) is 0 Å². The molecule has 3 unspecified atom stereocenters. The van der Waals surface area contributed by atoms with Gasteiger partial charge >= 0.3 is 5.97 Å². The molecule has 0 aliphatic heterocycles. The highest BCUT2D eigenvalue weighted by Crippen LogP contribution is 2.41. The molecular weight excluding hydrogens is 569 g/mol. The molecule has 246 valence electrons. The van der Waals surface area contributed by atoms with Crippen LogP contribution < -0.4 is 0 Å². The van der Waals surface area contributed by atoms with Gasteiger partial charge < -0.3 is 18.7 Å². The van der Waals surface area contributed by atoms with Crippen LogP contribution >= 0.6 is 0 Å². The molecule has 0 spiro atoms. The lowest BCUT2D eigenvalue weighted by atomic mass is 10.0. The number of hydrogen-bond acceptors (Lipinski definition) is 5. The maximum Gasteiger partial charge on any atom is 0.305 e. The normalized spacial score (nSPS) is 15.7. The molecule has 3 atom stereocenters. The van der Waals surface area contributed by atoms with E-state index in [-0.39, 0.29) is 28.3 Å². The van der Waals surface area contributed by atoms with Gasteiger partial charge in [-0.05, 0) is 79.6 Å². The Labute approximate surface area is 266 Å². The number of ether oxygens (including phenoxy) is 1. The largest absolute Gasteiger partial charge is 0.466 e. The van der Waals surface area contributed by atoms with Gasteiger partial charge in [0.15, 0.2) is 16.6 Å². The first kappa shape index (κ1) is 39.5. The van der Waals surface area contributed by atoms with Crippen molar-refractivity contribution in [1.82, 2.24) is 0 Å². The van der Waals surface area contributed by atoms with Crippen LogP contribution in [0.1, 0.15) is 111 Å². The van der Waals surface area contributed by atoms with Gasteiger partial charge in [-0.15, -0.1) is 0 Å². The first-order valence-corrected chi connectivity index (χ1v) is 22.3. The molecule has 7 heteroatoms. The van der Waals surface area contributed by atoms with Gasteiger partial charge in [-0.1, -0.05) is 110 Å². The third kappa shape index (κ3) is 14.4. The smallest absolute Gasteiger partial charge is 0.305 e. The van der Waals surface area contributed by atoms with Gasteiger partial charge in [-0.2, -0.15) is 0 Å². The van der Waals surface area contributed by atoms with Crippen LogP contribution in [-0.2, 0) is 18.4 Å². The van der Waals surface area contributed by atoms with E-state index >= 15 is 0 Å². The molecule has 0 amide bonds. The van der Waals surface area contributed by atoms with Crippen molar-refractivity contribution < 1.29 is 23.5 Å². The Morgan fingerprint density at radius 1 is 0.837 bits per heavy atom. The zero-order chi connectivity index (χ0) is 32.9. The number of carbonyl (C=O) groups excluding carboxylic acids is 1. The van der Waals surface area contributed by atoms with E-state index in [4.69, 9.17) is 13.6 Å². The van der Waals surface area contributed by atoms with Gasteiger partial charge in [-0.25, -0.2) is 0 Å². The lowest BCUT2D eigenvalue weighted by Gasteiger charge is -2.44. The van der Waals surface area contributed by atoms with E-state index in [9.17, 15) is 9.90 Å². The summed E-state index contributed by atoms with van der Waals surface area (Å²) >= 11 is 0. The molecule has 5 nitrogen and oxygen atoms in total. The third-order valence-electron chi connectivity index (χ3n) is 9.03. The van der Waals surface area contributed by atoms with E-state index in [0.29, 0.717) is 25.9 Å². The molecule has 1 aromatic rings. The molecule has 0 saturated carbocycles. The third-order valence-corrected chi connectivity index (χ3v) is 18.0. The summed E-state index contributed by atoms with van der Waals surface area (Å²) in [5, 5.41) is 10.4. The van der Waals surface area contributed by atoms with Crippen LogP contribution in [0.2, 0.25) is 36.3 Å². The molecule has 0 aliphatic carbocycles. The fourth-order valence-corrected chi connectivity index (χ4v) is 6.80. The monoisotopic (exact) mass is 632 g/mol. The standard InChI is InChI=1S/C36H64O5Si2/c1-13-15-16-21-31(37)26-24-29-19-17-20-30(28-29)25-27-33(41-43(11,12)36(6,7)8)32(22-18-23-34(38)39-14-2)40-42(9,10)35(3,4)5/h17,19-20,24-28,31-33,37H,13-16,18,21-23H2,1-12H3/b26-24+,27-25+. The summed E-state index contributed by atoms with van der Waals surface area (Å²) in [6.45, 7) is 27.1. The number of rotatable bonds is 18. The number of benzene rings is 1. The second-order valence-corrected chi connectivity index (χ2v) is 24.4. The highest BCUT2D eigenvalue weighted by atomic mass is 28.4. The summed E-state index contributed by atoms with van der Waals surface area (Å²) in [4.78, 5) is 12.2. The summed E-state index contributed by atoms with van der Waals surface area (Å²) in [7, 11) is -4.30. The summed E-state index contributed by atoms with van der Waals surface area (Å²) in [5.41, 5.74) is 2.13. The summed E-state index contributed by atoms with van der Waals surface area (Å²) in [6.07, 6.45) is 13.3. The number of hydrogen-bond donors (Lipinski definition) is 1. The molecule has 0 saturated heterocycles. The van der Waals surface area contributed by atoms with Crippen LogP contribution in [0.4, 0.5) is 0 Å². The molecule has 43 heavy (non-hydrogen) atoms. The summed E-state index contributed by atoms with van der Waals surface area (Å²) < 4.78 is 19.4. The second kappa shape index (κ2) is 17.8. The van der Waals surface area contributed by atoms with Gasteiger partial charge in [-0.3, -0.25) is 4.79 Å². The topological polar surface area (TPSA) is 65.0 Å². The predicted molar refractivity (Wildman–Crippen MR) is 189 cm³/mol. The Balaban J connectivity index is 3.39. The number of carbonyl (C=O) groups is 1. The van der Waals surface area contributed by atoms with Crippen molar-refractivity contribution in [2.75, 3.05) is 6.61 Å². The minimum atomic E-state index is -2.16. The van der Waals surface area contributed by atoms with Crippen molar-refractivity contribution in [3.05, 3.63) is 47.5 Å². The molecule has 0 aliphatic rings. The maximum atomic E-state index is 12.2. The Morgan fingerprint density at radius 3 is 1.93 bits per heavy atom. The highest BCUT2D eigenvalue weighted by Gasteiger charge is 2.44. The molecule has 1 aromatic carbocycles. The van der Waals surface area contributed by atoms with Crippen LogP contribution in [0.15, 0.2) is 36.4 Å². The van der Waals surface area contributed by atoms with Crippen molar-refractivity contribution >= 4 is 34.8 Å². The van der Waals surface area contributed by atoms with Gasteiger partial charge in [0.05, 0.1) is 24.9 Å². The average Bonchev–Trinajstić information content (AvgIpc) is 2.88. The van der Waals surface area contributed by atoms with Crippen molar-refractivity contribution in [3.63, 3.8) is 0 Å². The van der Waals surface area contributed by atoms with Crippen LogP contribution in [0, 0.1) is 0 Å². The predicted octanol–water partition coefficient (Wildman–Crippen LogP) is 10.2. The summed E-state index contributed by atoms with van der Waals surface area (Å²) in [6, 6.07) is 8.35. The molecule has 1 rings (SSSR count). The van der Waals surface area contributed by atoms with Crippen molar-refractivity contribution in [3.8, 4) is 0 Å². The molecule has 0 aromatic heterocycles. The van der Waals surface area contributed by atoms with Crippen LogP contribution in [0.5, 0.6) is 0 Å². The molecule has 0 fully saturated rings. The van der Waals surface area contributed by atoms with Crippen molar-refractivity contribution in [1.29, 1.82) is 0 Å². The molecule has 1 N–H and O–H groups in total. The zero-order valence-corrected chi connectivity index (χ0v) is 31.6. The van der Waals surface area contributed by atoms with Gasteiger partial charge in [0.25, 0.3) is 0 Å². The van der Waals surface area contributed by atoms with E-state index in [1.165, 1.54) is 0 Å². The SMILES string of the molecule is CCCCCC(O)/C=C/c1cccc(/C=C/C(O[Si](C)(C)C(C)(C)C)C(CCCC(=O)OCC)O[Si](C)(C)C(C)(C)C)c1. The van der Waals surface area contributed by atoms with E-state index in [1.807, 2.05) is 19.1 Å². The fourth-order valence-electron chi connectivity index (χ4n) is 4.18. The Bertz CT molecular complexity index is 1020. The number of esters is 1. The Kier molecular flexibility index (Phi) is 16.4. The lowest BCUT2D eigenvalue weighted by molar-refractivity contribution is -0.143. The minimum absolute atomic E-state index is 0.0359. The second-order valence-electron chi connectivity index (χ2n) is 14.9. The zero-order valence-electron chi connectivity index (χ0n) is 29.6. The van der Waals surface area contributed by atoms with Crippen molar-refractivity contribution in [2.45, 2.75) is 155 Å². The Morgan fingerprint density at radius 2 is 1.40 bits per heavy atom. The van der Waals surface area contributed by atoms with E-state index in [0.717, 1.165) is 36.8 Å². The Hall–Kier alpha value is -1.52. The van der Waals surface area contributed by atoms with E-state index in [2.05, 4.69) is 111 Å². The van der Waals surface area contributed by atoms with Gasteiger partial charge in [0, 0.05) is 6.42 Å². The highest BCUT2D eigenvalue weighted by molar-refractivity contribution is 6.74. The van der Waals surface area contributed by atoms with E-state index in [1.54, 1.807) is 0 Å². The lowest BCUT2D eigenvalue weighted by Crippen LogP contribution is -2.51. The average molecular weight is 633 g/mol. The molecular formula is C36H64O5Si2. The first-order chi connectivity index (χ1) is 19.8. The minimum Gasteiger partial charge on any atom is -0.466 e.